The fraction of sp³-hybridized carbons (Fsp3) is 0.952. The molecule has 2 N–H and O–H groups in total. The predicted molar refractivity (Wildman–Crippen MR) is 104 cm³/mol. The second kappa shape index (κ2) is 13.6. The van der Waals surface area contributed by atoms with E-state index >= 15 is 0 Å². The van der Waals surface area contributed by atoms with Crippen LogP contribution in [0, 0.1) is 5.92 Å². The topological polar surface area (TPSA) is 61.9 Å². The average molecular weight is 356 g/mol. The fourth-order valence-corrected chi connectivity index (χ4v) is 3.50. The molecule has 0 aromatic rings. The molecule has 1 rings (SSSR count). The Labute approximate surface area is 155 Å². The zero-order valence-electron chi connectivity index (χ0n) is 16.7. The number of epoxide rings is 1. The summed E-state index contributed by atoms with van der Waals surface area (Å²) in [5, 5.41) is 11.7. The van der Waals surface area contributed by atoms with Crippen molar-refractivity contribution in [3.05, 3.63) is 0 Å². The lowest BCUT2D eigenvalue weighted by Gasteiger charge is -2.19. The van der Waals surface area contributed by atoms with Gasteiger partial charge in [0, 0.05) is 13.2 Å². The number of aliphatic hydroxyl groups excluding tert-OH is 1. The van der Waals surface area contributed by atoms with Crippen LogP contribution in [0.15, 0.2) is 0 Å². The Morgan fingerprint density at radius 2 is 1.52 bits per heavy atom. The number of aliphatic hydroxyl groups is 1. The molecule has 0 aromatic heterocycles. The lowest BCUT2D eigenvalue weighted by atomic mass is 9.88. The van der Waals surface area contributed by atoms with E-state index < -0.39 is 5.60 Å². The minimum Gasteiger partial charge on any atom is -0.396 e. The second-order valence-corrected chi connectivity index (χ2v) is 7.74. The molecule has 1 saturated heterocycles. The van der Waals surface area contributed by atoms with E-state index in [0.29, 0.717) is 19.6 Å². The van der Waals surface area contributed by atoms with E-state index in [4.69, 9.17) is 9.84 Å². The van der Waals surface area contributed by atoms with E-state index in [1.54, 1.807) is 0 Å². The molecule has 0 aromatic carbocycles. The molecule has 1 fully saturated rings. The maximum atomic E-state index is 12.2. The van der Waals surface area contributed by atoms with Crippen LogP contribution in [0.2, 0.25) is 0 Å². The number of rotatable bonds is 17. The molecule has 2 atom stereocenters. The number of nitrogens with one attached hydrogen (secondary N) is 1. The van der Waals surface area contributed by atoms with Gasteiger partial charge in [-0.25, -0.2) is 0 Å². The first-order valence-corrected chi connectivity index (χ1v) is 10.7. The summed E-state index contributed by atoms with van der Waals surface area (Å²) in [7, 11) is 0. The van der Waals surface area contributed by atoms with E-state index in [1.807, 2.05) is 0 Å². The fourth-order valence-electron chi connectivity index (χ4n) is 3.50. The molecular weight excluding hydrogens is 314 g/mol. The first kappa shape index (κ1) is 22.4. The van der Waals surface area contributed by atoms with Crippen LogP contribution in [0.25, 0.3) is 0 Å². The Morgan fingerprint density at radius 3 is 2.00 bits per heavy atom. The molecule has 0 aliphatic carbocycles. The van der Waals surface area contributed by atoms with Gasteiger partial charge in [0.2, 0.25) is 0 Å². The lowest BCUT2D eigenvalue weighted by molar-refractivity contribution is -0.128. The SMILES string of the molecule is CCCCCCCCCCCCCC(C)C1(C(=O)NCCCO)CO1. The van der Waals surface area contributed by atoms with E-state index in [0.717, 1.165) is 6.42 Å². The Hall–Kier alpha value is -0.610. The Bertz CT molecular complexity index is 342. The molecule has 0 saturated carbocycles. The smallest absolute Gasteiger partial charge is 0.254 e. The van der Waals surface area contributed by atoms with Crippen LogP contribution in [-0.2, 0) is 9.53 Å². The van der Waals surface area contributed by atoms with Crippen molar-refractivity contribution in [2.24, 2.45) is 5.92 Å². The van der Waals surface area contributed by atoms with Crippen LogP contribution in [-0.4, -0.2) is 36.4 Å². The van der Waals surface area contributed by atoms with Gasteiger partial charge in [-0.2, -0.15) is 0 Å². The highest BCUT2D eigenvalue weighted by molar-refractivity contribution is 5.88. The number of ether oxygens (including phenoxy) is 1. The first-order valence-electron chi connectivity index (χ1n) is 10.7. The summed E-state index contributed by atoms with van der Waals surface area (Å²) < 4.78 is 5.53. The van der Waals surface area contributed by atoms with E-state index in [-0.39, 0.29) is 18.4 Å². The highest BCUT2D eigenvalue weighted by Gasteiger charge is 2.55. The molecule has 1 aliphatic heterocycles. The zero-order chi connectivity index (χ0) is 18.4. The summed E-state index contributed by atoms with van der Waals surface area (Å²) in [6.45, 7) is 5.60. The Kier molecular flexibility index (Phi) is 12.2. The van der Waals surface area contributed by atoms with Crippen LogP contribution in [0.5, 0.6) is 0 Å². The van der Waals surface area contributed by atoms with Crippen LogP contribution in [0.4, 0.5) is 0 Å². The van der Waals surface area contributed by atoms with Crippen molar-refractivity contribution < 1.29 is 14.6 Å². The van der Waals surface area contributed by atoms with Crippen molar-refractivity contribution in [1.82, 2.24) is 5.32 Å². The van der Waals surface area contributed by atoms with Crippen molar-refractivity contribution in [1.29, 1.82) is 0 Å². The lowest BCUT2D eigenvalue weighted by Crippen LogP contribution is -2.42. The maximum Gasteiger partial charge on any atom is 0.254 e. The van der Waals surface area contributed by atoms with Gasteiger partial charge in [-0.05, 0) is 18.8 Å². The summed E-state index contributed by atoms with van der Waals surface area (Å²) in [6.07, 6.45) is 16.5. The van der Waals surface area contributed by atoms with E-state index in [2.05, 4.69) is 19.2 Å². The summed E-state index contributed by atoms with van der Waals surface area (Å²) >= 11 is 0. The van der Waals surface area contributed by atoms with Crippen LogP contribution >= 0.6 is 0 Å². The third kappa shape index (κ3) is 9.05. The highest BCUT2D eigenvalue weighted by atomic mass is 16.6. The van der Waals surface area contributed by atoms with Gasteiger partial charge in [0.15, 0.2) is 5.60 Å². The molecule has 0 radical (unpaired) electrons. The predicted octanol–water partition coefficient (Wildman–Crippen LogP) is 4.59. The van der Waals surface area contributed by atoms with Gasteiger partial charge in [-0.3, -0.25) is 4.79 Å². The number of amides is 1. The number of carbonyl (C=O) groups excluding carboxylic acids is 1. The number of unbranched alkanes of at least 4 members (excludes halogenated alkanes) is 10. The van der Waals surface area contributed by atoms with E-state index in [9.17, 15) is 4.79 Å². The molecule has 25 heavy (non-hydrogen) atoms. The summed E-state index contributed by atoms with van der Waals surface area (Å²) in [5.74, 6) is 0.289. The number of hydrogen-bond acceptors (Lipinski definition) is 3. The van der Waals surface area contributed by atoms with Crippen molar-refractivity contribution in [2.45, 2.75) is 103 Å². The summed E-state index contributed by atoms with van der Waals surface area (Å²) in [6, 6.07) is 0. The molecular formula is C21H41NO3. The third-order valence-corrected chi connectivity index (χ3v) is 5.50. The molecule has 1 heterocycles. The highest BCUT2D eigenvalue weighted by Crippen LogP contribution is 2.38. The summed E-state index contributed by atoms with van der Waals surface area (Å²) in [4.78, 5) is 12.2. The minimum absolute atomic E-state index is 0.0107. The van der Waals surface area contributed by atoms with Gasteiger partial charge in [0.05, 0.1) is 6.61 Å². The van der Waals surface area contributed by atoms with Gasteiger partial charge >= 0.3 is 0 Å². The van der Waals surface area contributed by atoms with Gasteiger partial charge < -0.3 is 15.2 Å². The Balaban J connectivity index is 1.98. The molecule has 0 bridgehead atoms. The van der Waals surface area contributed by atoms with Crippen LogP contribution in [0.1, 0.15) is 97.3 Å². The molecule has 1 amide bonds. The average Bonchev–Trinajstić information content (AvgIpc) is 3.41. The molecule has 2 unspecified atom stereocenters. The van der Waals surface area contributed by atoms with Crippen molar-refractivity contribution >= 4 is 5.91 Å². The van der Waals surface area contributed by atoms with Gasteiger partial charge in [0.25, 0.3) is 5.91 Å². The quantitative estimate of drug-likeness (QED) is 0.296. The van der Waals surface area contributed by atoms with Gasteiger partial charge in [-0.1, -0.05) is 84.5 Å². The Morgan fingerprint density at radius 1 is 1.00 bits per heavy atom. The number of hydrogen-bond donors (Lipinski definition) is 2. The molecule has 148 valence electrons. The van der Waals surface area contributed by atoms with Crippen LogP contribution < -0.4 is 5.32 Å². The summed E-state index contributed by atoms with van der Waals surface area (Å²) in [5.41, 5.74) is -0.575. The monoisotopic (exact) mass is 355 g/mol. The van der Waals surface area contributed by atoms with Crippen LogP contribution in [0.3, 0.4) is 0 Å². The minimum atomic E-state index is -0.575. The van der Waals surface area contributed by atoms with Crippen molar-refractivity contribution in [3.63, 3.8) is 0 Å². The molecule has 4 heteroatoms. The largest absolute Gasteiger partial charge is 0.396 e. The normalized spacial score (nSPS) is 20.4. The molecule has 1 aliphatic rings. The second-order valence-electron chi connectivity index (χ2n) is 7.74. The van der Waals surface area contributed by atoms with Crippen molar-refractivity contribution in [2.75, 3.05) is 19.8 Å². The zero-order valence-corrected chi connectivity index (χ0v) is 16.7. The number of carbonyl (C=O) groups is 1. The third-order valence-electron chi connectivity index (χ3n) is 5.50. The van der Waals surface area contributed by atoms with Gasteiger partial charge in [0.1, 0.15) is 0 Å². The molecule has 0 spiro atoms. The van der Waals surface area contributed by atoms with Crippen molar-refractivity contribution in [3.8, 4) is 0 Å². The molecule has 4 nitrogen and oxygen atoms in total. The standard InChI is InChI=1S/C21H41NO3/c1-3-4-5-6-7-8-9-10-11-12-13-15-19(2)21(18-25-21)20(24)22-16-14-17-23/h19,23H,3-18H2,1-2H3,(H,22,24). The van der Waals surface area contributed by atoms with Gasteiger partial charge in [-0.15, -0.1) is 0 Å². The first-order chi connectivity index (χ1) is 12.2. The van der Waals surface area contributed by atoms with E-state index in [1.165, 1.54) is 70.6 Å². The maximum absolute atomic E-state index is 12.2.